The van der Waals surface area contributed by atoms with Crippen LogP contribution in [0.3, 0.4) is 0 Å². The predicted molar refractivity (Wildman–Crippen MR) is 136 cm³/mol. The van der Waals surface area contributed by atoms with Crippen LogP contribution in [0.1, 0.15) is 63.5 Å². The fraction of sp³-hybridized carbons (Fsp3) is 0.500. The number of aliphatic hydroxyl groups is 1. The topological polar surface area (TPSA) is 123 Å². The van der Waals surface area contributed by atoms with Crippen molar-refractivity contribution >= 4 is 11.8 Å². The summed E-state index contributed by atoms with van der Waals surface area (Å²) in [5.74, 6) is 0.470. The predicted octanol–water partition coefficient (Wildman–Crippen LogP) is 4.52. The van der Waals surface area contributed by atoms with E-state index in [1.54, 1.807) is 24.3 Å². The first-order chi connectivity index (χ1) is 17.1. The maximum absolute atomic E-state index is 13.1. The number of Topliss-reactive ketones (excluding diaryl/α,β-unsaturated/α-hetero) is 1. The van der Waals surface area contributed by atoms with Crippen LogP contribution in [0.15, 0.2) is 36.4 Å². The monoisotopic (exact) mass is 502 g/mol. The number of esters is 1. The van der Waals surface area contributed by atoms with Gasteiger partial charge in [0.05, 0.1) is 13.7 Å². The quantitative estimate of drug-likeness (QED) is 0.304. The number of phenols is 2. The first-order valence-corrected chi connectivity index (χ1v) is 12.2. The first-order valence-electron chi connectivity index (χ1n) is 12.2. The highest BCUT2D eigenvalue weighted by Crippen LogP contribution is 2.35. The lowest BCUT2D eigenvalue weighted by Gasteiger charge is -2.22. The molecule has 2 aromatic carbocycles. The van der Waals surface area contributed by atoms with E-state index in [9.17, 15) is 19.8 Å². The van der Waals surface area contributed by atoms with Crippen molar-refractivity contribution in [3.63, 3.8) is 0 Å². The van der Waals surface area contributed by atoms with Crippen LogP contribution in [0.2, 0.25) is 0 Å². The molecular formula is C28H38O8. The van der Waals surface area contributed by atoms with Crippen molar-refractivity contribution < 1.29 is 39.1 Å². The van der Waals surface area contributed by atoms with Gasteiger partial charge in [0.15, 0.2) is 23.0 Å². The van der Waals surface area contributed by atoms with Gasteiger partial charge < -0.3 is 29.5 Å². The minimum atomic E-state index is -0.584. The number of carbonyl (C=O) groups excluding carboxylic acids is 2. The van der Waals surface area contributed by atoms with Gasteiger partial charge in [0, 0.05) is 19.8 Å². The molecule has 0 saturated heterocycles. The van der Waals surface area contributed by atoms with Crippen molar-refractivity contribution in [3.8, 4) is 23.0 Å². The van der Waals surface area contributed by atoms with Crippen LogP contribution in [0, 0.1) is 5.92 Å². The zero-order valence-electron chi connectivity index (χ0n) is 21.5. The van der Waals surface area contributed by atoms with Gasteiger partial charge in [0.1, 0.15) is 18.5 Å². The zero-order valence-corrected chi connectivity index (χ0v) is 21.5. The lowest BCUT2D eigenvalue weighted by molar-refractivity contribution is -0.147. The number of ether oxygens (including phenoxy) is 3. The number of aryl methyl sites for hydroxylation is 1. The summed E-state index contributed by atoms with van der Waals surface area (Å²) in [4.78, 5) is 24.8. The van der Waals surface area contributed by atoms with Crippen molar-refractivity contribution in [2.45, 2.75) is 64.9 Å². The van der Waals surface area contributed by atoms with Crippen LogP contribution in [0.25, 0.3) is 0 Å². The molecule has 2 atom stereocenters. The molecule has 0 radical (unpaired) electrons. The Balaban J connectivity index is 2.10. The standard InChI is InChI=1S/C28H38O8/c1-18(2)13-22(21-7-10-25(32)27(16-21)34-4)15-23(31)17-24(36-19(3)30)8-5-20-6-9-26(33)28(14-20)35-12-11-29/h6-7,9-10,14,16,18,22,24,29,32-33H,5,8,11-13,15,17H2,1-4H3. The normalized spacial score (nSPS) is 12.7. The van der Waals surface area contributed by atoms with Gasteiger partial charge >= 0.3 is 5.97 Å². The van der Waals surface area contributed by atoms with E-state index < -0.39 is 12.1 Å². The highest BCUT2D eigenvalue weighted by molar-refractivity contribution is 5.80. The number of rotatable bonds is 15. The molecule has 2 aromatic rings. The summed E-state index contributed by atoms with van der Waals surface area (Å²) in [6, 6.07) is 10.1. The Labute approximate surface area is 212 Å². The molecule has 0 aliphatic heterocycles. The molecule has 8 heteroatoms. The molecule has 0 spiro atoms. The Morgan fingerprint density at radius 3 is 2.31 bits per heavy atom. The molecule has 0 aliphatic rings. The van der Waals surface area contributed by atoms with Crippen molar-refractivity contribution in [2.24, 2.45) is 5.92 Å². The van der Waals surface area contributed by atoms with E-state index >= 15 is 0 Å². The van der Waals surface area contributed by atoms with E-state index in [1.807, 2.05) is 6.07 Å². The molecule has 0 bridgehead atoms. The molecule has 0 aliphatic carbocycles. The summed E-state index contributed by atoms with van der Waals surface area (Å²) < 4.78 is 16.0. The van der Waals surface area contributed by atoms with Crippen molar-refractivity contribution in [1.82, 2.24) is 0 Å². The lowest BCUT2D eigenvalue weighted by Crippen LogP contribution is -2.22. The summed E-state index contributed by atoms with van der Waals surface area (Å²) >= 11 is 0. The second-order valence-corrected chi connectivity index (χ2v) is 9.35. The maximum atomic E-state index is 13.1. The van der Waals surface area contributed by atoms with Crippen LogP contribution in [-0.2, 0) is 20.7 Å². The Hall–Kier alpha value is -3.26. The highest BCUT2D eigenvalue weighted by Gasteiger charge is 2.23. The van der Waals surface area contributed by atoms with Crippen molar-refractivity contribution in [3.05, 3.63) is 47.5 Å². The fourth-order valence-electron chi connectivity index (χ4n) is 4.22. The van der Waals surface area contributed by atoms with Crippen LogP contribution >= 0.6 is 0 Å². The molecule has 8 nitrogen and oxygen atoms in total. The molecule has 198 valence electrons. The van der Waals surface area contributed by atoms with Crippen molar-refractivity contribution in [1.29, 1.82) is 0 Å². The molecule has 0 amide bonds. The van der Waals surface area contributed by atoms with Crippen molar-refractivity contribution in [2.75, 3.05) is 20.3 Å². The number of aliphatic hydroxyl groups excluding tert-OH is 1. The molecule has 0 fully saturated rings. The van der Waals surface area contributed by atoms with Crippen LogP contribution < -0.4 is 9.47 Å². The van der Waals surface area contributed by atoms with Gasteiger partial charge in [-0.25, -0.2) is 0 Å². The largest absolute Gasteiger partial charge is 0.504 e. The number of methoxy groups -OCH3 is 1. The molecule has 0 heterocycles. The highest BCUT2D eigenvalue weighted by atomic mass is 16.5. The van der Waals surface area contributed by atoms with Gasteiger partial charge in [-0.1, -0.05) is 26.0 Å². The van der Waals surface area contributed by atoms with Gasteiger partial charge in [-0.05, 0) is 66.5 Å². The molecule has 3 N–H and O–H groups in total. The number of hydrogen-bond acceptors (Lipinski definition) is 8. The van der Waals surface area contributed by atoms with E-state index in [1.165, 1.54) is 20.1 Å². The van der Waals surface area contributed by atoms with Crippen LogP contribution in [0.4, 0.5) is 0 Å². The average molecular weight is 503 g/mol. The summed E-state index contributed by atoms with van der Waals surface area (Å²) in [5.41, 5.74) is 1.76. The fourth-order valence-corrected chi connectivity index (χ4v) is 4.22. The number of hydrogen-bond donors (Lipinski definition) is 3. The second kappa shape index (κ2) is 14.3. The second-order valence-electron chi connectivity index (χ2n) is 9.35. The molecule has 2 rings (SSSR count). The maximum Gasteiger partial charge on any atom is 0.302 e. The summed E-state index contributed by atoms with van der Waals surface area (Å²) in [7, 11) is 1.49. The third-order valence-corrected chi connectivity index (χ3v) is 5.82. The number of carbonyl (C=O) groups is 2. The first kappa shape index (κ1) is 29.0. The molecule has 2 unspecified atom stereocenters. The Kier molecular flexibility index (Phi) is 11.5. The molecule has 0 saturated carbocycles. The van der Waals surface area contributed by atoms with Gasteiger partial charge in [0.2, 0.25) is 0 Å². The number of ketones is 1. The third kappa shape index (κ3) is 9.41. The summed E-state index contributed by atoms with van der Waals surface area (Å²) in [5, 5.41) is 28.8. The molecule has 0 aromatic heterocycles. The molecular weight excluding hydrogens is 464 g/mol. The van der Waals surface area contributed by atoms with Crippen LogP contribution in [-0.4, -0.2) is 53.5 Å². The Bertz CT molecular complexity index is 1000. The van der Waals surface area contributed by atoms with Crippen LogP contribution in [0.5, 0.6) is 23.0 Å². The number of phenolic OH excluding ortho intramolecular Hbond substituents is 2. The van der Waals surface area contributed by atoms with E-state index in [4.69, 9.17) is 19.3 Å². The minimum Gasteiger partial charge on any atom is -0.504 e. The Morgan fingerprint density at radius 1 is 0.972 bits per heavy atom. The Morgan fingerprint density at radius 2 is 1.67 bits per heavy atom. The van der Waals surface area contributed by atoms with Gasteiger partial charge in [-0.2, -0.15) is 0 Å². The SMILES string of the molecule is COc1cc(C(CC(=O)CC(CCc2ccc(O)c(OCCO)c2)OC(C)=O)CC(C)C)ccc1O. The summed E-state index contributed by atoms with van der Waals surface area (Å²) in [6.07, 6.45) is 1.50. The van der Waals surface area contributed by atoms with Gasteiger partial charge in [0.25, 0.3) is 0 Å². The smallest absolute Gasteiger partial charge is 0.302 e. The summed E-state index contributed by atoms with van der Waals surface area (Å²) in [6.45, 7) is 5.39. The van der Waals surface area contributed by atoms with Gasteiger partial charge in [-0.3, -0.25) is 9.59 Å². The lowest BCUT2D eigenvalue weighted by atomic mass is 9.85. The molecule has 36 heavy (non-hydrogen) atoms. The van der Waals surface area contributed by atoms with Gasteiger partial charge in [-0.15, -0.1) is 0 Å². The number of benzene rings is 2. The van der Waals surface area contributed by atoms with E-state index in [0.29, 0.717) is 24.5 Å². The zero-order chi connectivity index (χ0) is 26.7. The number of aromatic hydroxyl groups is 2. The van der Waals surface area contributed by atoms with E-state index in [-0.39, 0.29) is 55.0 Å². The van der Waals surface area contributed by atoms with E-state index in [0.717, 1.165) is 17.5 Å². The van der Waals surface area contributed by atoms with E-state index in [2.05, 4.69) is 13.8 Å². The third-order valence-electron chi connectivity index (χ3n) is 5.82. The average Bonchev–Trinajstić information content (AvgIpc) is 2.81. The minimum absolute atomic E-state index is 0.0170.